The van der Waals surface area contributed by atoms with Crippen LogP contribution in [0.15, 0.2) is 47.5 Å². The van der Waals surface area contributed by atoms with Crippen LogP contribution < -0.4 is 5.32 Å². The highest BCUT2D eigenvalue weighted by atomic mass is 35.5. The SMILES string of the molecule is Fc1ccc(CN2CCN=C2Nc2c(Cl)cccc2Cl)cc1. The molecular weight excluding hydrogens is 324 g/mol. The summed E-state index contributed by atoms with van der Waals surface area (Å²) in [6.45, 7) is 2.14. The van der Waals surface area contributed by atoms with Gasteiger partial charge in [-0.3, -0.25) is 4.99 Å². The number of halogens is 3. The van der Waals surface area contributed by atoms with Crippen molar-refractivity contribution >= 4 is 34.8 Å². The molecule has 1 heterocycles. The van der Waals surface area contributed by atoms with E-state index in [-0.39, 0.29) is 5.82 Å². The molecule has 0 fully saturated rings. The third-order valence-corrected chi connectivity index (χ3v) is 4.05. The predicted molar refractivity (Wildman–Crippen MR) is 89.2 cm³/mol. The molecule has 0 amide bonds. The molecule has 2 aromatic carbocycles. The molecule has 0 atom stereocenters. The Labute approximate surface area is 138 Å². The van der Waals surface area contributed by atoms with E-state index in [1.807, 2.05) is 0 Å². The van der Waals surface area contributed by atoms with Crippen molar-refractivity contribution in [3.63, 3.8) is 0 Å². The Morgan fingerprint density at radius 2 is 1.77 bits per heavy atom. The molecule has 0 bridgehead atoms. The van der Waals surface area contributed by atoms with E-state index in [0.717, 1.165) is 18.1 Å². The monoisotopic (exact) mass is 337 g/mol. The van der Waals surface area contributed by atoms with E-state index in [1.54, 1.807) is 30.3 Å². The molecule has 114 valence electrons. The zero-order valence-electron chi connectivity index (χ0n) is 11.7. The van der Waals surface area contributed by atoms with Gasteiger partial charge in [0.1, 0.15) is 5.82 Å². The predicted octanol–water partition coefficient (Wildman–Crippen LogP) is 4.42. The number of rotatable bonds is 3. The standard InChI is InChI=1S/C16H14Cl2FN3/c17-13-2-1-3-14(18)15(13)21-16-20-8-9-22(16)10-11-4-6-12(19)7-5-11/h1-7H,8-10H2,(H,20,21). The average Bonchev–Trinajstić information content (AvgIpc) is 2.93. The van der Waals surface area contributed by atoms with Crippen molar-refractivity contribution in [1.29, 1.82) is 0 Å². The molecule has 0 aromatic heterocycles. The molecular formula is C16H14Cl2FN3. The summed E-state index contributed by atoms with van der Waals surface area (Å²) in [7, 11) is 0. The highest BCUT2D eigenvalue weighted by Crippen LogP contribution is 2.30. The molecule has 6 heteroatoms. The van der Waals surface area contributed by atoms with Gasteiger partial charge in [0.25, 0.3) is 0 Å². The second kappa shape index (κ2) is 6.55. The molecule has 2 aromatic rings. The fourth-order valence-electron chi connectivity index (χ4n) is 2.29. The van der Waals surface area contributed by atoms with E-state index in [2.05, 4.69) is 15.2 Å². The first-order valence-electron chi connectivity index (χ1n) is 6.88. The Kier molecular flexibility index (Phi) is 4.50. The summed E-state index contributed by atoms with van der Waals surface area (Å²) in [5.41, 5.74) is 1.67. The van der Waals surface area contributed by atoms with Crippen LogP contribution in [0, 0.1) is 5.82 Å². The lowest BCUT2D eigenvalue weighted by Gasteiger charge is -2.22. The van der Waals surface area contributed by atoms with Crippen LogP contribution in [-0.4, -0.2) is 23.9 Å². The van der Waals surface area contributed by atoms with Gasteiger partial charge in [-0.2, -0.15) is 0 Å². The Morgan fingerprint density at radius 3 is 2.45 bits per heavy atom. The summed E-state index contributed by atoms with van der Waals surface area (Å²) in [5, 5.41) is 4.29. The molecule has 1 N–H and O–H groups in total. The number of nitrogens with zero attached hydrogens (tertiary/aromatic N) is 2. The van der Waals surface area contributed by atoms with Gasteiger partial charge in [0.2, 0.25) is 0 Å². The zero-order chi connectivity index (χ0) is 15.5. The van der Waals surface area contributed by atoms with Gasteiger partial charge < -0.3 is 10.2 Å². The summed E-state index contributed by atoms with van der Waals surface area (Å²) in [5.74, 6) is 0.486. The van der Waals surface area contributed by atoms with Gasteiger partial charge in [-0.1, -0.05) is 41.4 Å². The molecule has 0 unspecified atom stereocenters. The first-order chi connectivity index (χ1) is 10.6. The van der Waals surface area contributed by atoms with Crippen LogP contribution in [-0.2, 0) is 6.54 Å². The van der Waals surface area contributed by atoms with E-state index in [0.29, 0.717) is 28.8 Å². The number of hydrogen-bond donors (Lipinski definition) is 1. The van der Waals surface area contributed by atoms with Gasteiger partial charge in [0.15, 0.2) is 5.96 Å². The number of benzene rings is 2. The quantitative estimate of drug-likeness (QED) is 0.897. The van der Waals surface area contributed by atoms with Crippen LogP contribution in [0.4, 0.5) is 10.1 Å². The van der Waals surface area contributed by atoms with Crippen molar-refractivity contribution in [2.45, 2.75) is 6.54 Å². The molecule has 0 aliphatic carbocycles. The van der Waals surface area contributed by atoms with Crippen LogP contribution >= 0.6 is 23.2 Å². The Balaban J connectivity index is 1.75. The van der Waals surface area contributed by atoms with Gasteiger partial charge in [-0.15, -0.1) is 0 Å². The third kappa shape index (κ3) is 3.34. The summed E-state index contributed by atoms with van der Waals surface area (Å²) in [6, 6.07) is 11.8. The molecule has 0 radical (unpaired) electrons. The molecule has 3 rings (SSSR count). The van der Waals surface area contributed by atoms with E-state index >= 15 is 0 Å². The highest BCUT2D eigenvalue weighted by molar-refractivity contribution is 6.39. The van der Waals surface area contributed by atoms with Crippen LogP contribution in [0.5, 0.6) is 0 Å². The fraction of sp³-hybridized carbons (Fsp3) is 0.188. The largest absolute Gasteiger partial charge is 0.337 e. The van der Waals surface area contributed by atoms with Crippen molar-refractivity contribution in [3.8, 4) is 0 Å². The first-order valence-corrected chi connectivity index (χ1v) is 7.64. The van der Waals surface area contributed by atoms with Gasteiger partial charge in [0, 0.05) is 13.1 Å². The Morgan fingerprint density at radius 1 is 1.09 bits per heavy atom. The first kappa shape index (κ1) is 15.1. The molecule has 1 aliphatic heterocycles. The fourth-order valence-corrected chi connectivity index (χ4v) is 2.79. The maximum atomic E-state index is 13.0. The molecule has 22 heavy (non-hydrogen) atoms. The summed E-state index contributed by atoms with van der Waals surface area (Å²) < 4.78 is 13.0. The smallest absolute Gasteiger partial charge is 0.198 e. The van der Waals surface area contributed by atoms with Crippen molar-refractivity contribution < 1.29 is 4.39 Å². The minimum Gasteiger partial charge on any atom is -0.337 e. The second-order valence-corrected chi connectivity index (χ2v) is 5.79. The van der Waals surface area contributed by atoms with Crippen molar-refractivity contribution in [2.24, 2.45) is 4.99 Å². The van der Waals surface area contributed by atoms with Gasteiger partial charge in [-0.05, 0) is 29.8 Å². The van der Waals surface area contributed by atoms with E-state index < -0.39 is 0 Å². The lowest BCUT2D eigenvalue weighted by Crippen LogP contribution is -2.32. The highest BCUT2D eigenvalue weighted by Gasteiger charge is 2.19. The van der Waals surface area contributed by atoms with Crippen LogP contribution in [0.2, 0.25) is 10.0 Å². The van der Waals surface area contributed by atoms with E-state index in [1.165, 1.54) is 12.1 Å². The topological polar surface area (TPSA) is 27.6 Å². The van der Waals surface area contributed by atoms with Crippen molar-refractivity contribution in [3.05, 3.63) is 63.9 Å². The lowest BCUT2D eigenvalue weighted by molar-refractivity contribution is 0.450. The average molecular weight is 338 g/mol. The minimum atomic E-state index is -0.236. The van der Waals surface area contributed by atoms with Gasteiger partial charge >= 0.3 is 0 Å². The van der Waals surface area contributed by atoms with Gasteiger partial charge in [-0.25, -0.2) is 4.39 Å². The molecule has 1 aliphatic rings. The minimum absolute atomic E-state index is 0.236. The molecule has 3 nitrogen and oxygen atoms in total. The van der Waals surface area contributed by atoms with Crippen molar-refractivity contribution in [1.82, 2.24) is 4.90 Å². The third-order valence-electron chi connectivity index (χ3n) is 3.42. The van der Waals surface area contributed by atoms with E-state index in [9.17, 15) is 4.39 Å². The van der Waals surface area contributed by atoms with Crippen molar-refractivity contribution in [2.75, 3.05) is 18.4 Å². The lowest BCUT2D eigenvalue weighted by atomic mass is 10.2. The second-order valence-electron chi connectivity index (χ2n) is 4.98. The number of nitrogens with one attached hydrogen (secondary N) is 1. The maximum absolute atomic E-state index is 13.0. The number of guanidine groups is 1. The summed E-state index contributed by atoms with van der Waals surface area (Å²) >= 11 is 12.3. The van der Waals surface area contributed by atoms with Crippen LogP contribution in [0.1, 0.15) is 5.56 Å². The molecule has 0 spiro atoms. The Hall–Kier alpha value is -1.78. The Bertz CT molecular complexity index is 681. The number of aliphatic imine (C=N–C) groups is 1. The molecule has 0 saturated carbocycles. The maximum Gasteiger partial charge on any atom is 0.198 e. The number of para-hydroxylation sites is 1. The normalized spacial score (nSPS) is 14.1. The molecule has 0 saturated heterocycles. The van der Waals surface area contributed by atoms with Gasteiger partial charge in [0.05, 0.1) is 22.3 Å². The van der Waals surface area contributed by atoms with Crippen LogP contribution in [0.25, 0.3) is 0 Å². The van der Waals surface area contributed by atoms with Crippen LogP contribution in [0.3, 0.4) is 0 Å². The van der Waals surface area contributed by atoms with E-state index in [4.69, 9.17) is 23.2 Å². The summed E-state index contributed by atoms with van der Waals surface area (Å²) in [4.78, 5) is 6.52. The summed E-state index contributed by atoms with van der Waals surface area (Å²) in [6.07, 6.45) is 0. The number of anilines is 1. The zero-order valence-corrected chi connectivity index (χ0v) is 13.2. The number of hydrogen-bond acceptors (Lipinski definition) is 3.